The van der Waals surface area contributed by atoms with E-state index in [0.29, 0.717) is 24.7 Å². The summed E-state index contributed by atoms with van der Waals surface area (Å²) in [7, 11) is 1.48. The fraction of sp³-hybridized carbons (Fsp3) is 0.286. The molecule has 0 spiro atoms. The van der Waals surface area contributed by atoms with Gasteiger partial charge in [-0.25, -0.2) is 18.7 Å². The quantitative estimate of drug-likeness (QED) is 0.868. The summed E-state index contributed by atoms with van der Waals surface area (Å²) in [6.45, 7) is 0.419. The van der Waals surface area contributed by atoms with Crippen molar-refractivity contribution < 1.29 is 18.3 Å². The molecule has 0 aromatic carbocycles. The molecule has 3 heterocycles. The molecule has 8 heteroatoms. The first kappa shape index (κ1) is 14.3. The van der Waals surface area contributed by atoms with Crippen molar-refractivity contribution in [2.75, 3.05) is 18.6 Å². The van der Waals surface area contributed by atoms with E-state index in [1.54, 1.807) is 6.07 Å². The van der Waals surface area contributed by atoms with E-state index in [4.69, 9.17) is 4.74 Å². The summed E-state index contributed by atoms with van der Waals surface area (Å²) in [5.41, 5.74) is 0.344. The van der Waals surface area contributed by atoms with Gasteiger partial charge in [-0.1, -0.05) is 0 Å². The van der Waals surface area contributed by atoms with Gasteiger partial charge in [0.25, 0.3) is 12.3 Å². The van der Waals surface area contributed by atoms with E-state index >= 15 is 0 Å². The number of amides is 1. The average Bonchev–Trinajstić information content (AvgIpc) is 2.97. The molecule has 1 aliphatic heterocycles. The van der Waals surface area contributed by atoms with Gasteiger partial charge in [-0.3, -0.25) is 9.69 Å². The van der Waals surface area contributed by atoms with Crippen LogP contribution in [-0.4, -0.2) is 34.5 Å². The summed E-state index contributed by atoms with van der Waals surface area (Å²) in [6, 6.07) is 4.55. The summed E-state index contributed by atoms with van der Waals surface area (Å²) in [5, 5.41) is 0. The highest BCUT2D eigenvalue weighted by Crippen LogP contribution is 2.29. The van der Waals surface area contributed by atoms with Gasteiger partial charge in [0.05, 0.1) is 7.11 Å². The third-order valence-corrected chi connectivity index (χ3v) is 3.38. The highest BCUT2D eigenvalue weighted by atomic mass is 19.3. The first-order valence-electron chi connectivity index (χ1n) is 6.56. The Balaban J connectivity index is 1.93. The molecular weight excluding hydrogens is 294 g/mol. The second-order valence-corrected chi connectivity index (χ2v) is 4.67. The maximum Gasteiger partial charge on any atom is 0.280 e. The molecule has 22 heavy (non-hydrogen) atoms. The maximum atomic E-state index is 12.7. The number of fused-ring (bicyclic) bond motifs is 1. The van der Waals surface area contributed by atoms with Gasteiger partial charge in [-0.15, -0.1) is 0 Å². The van der Waals surface area contributed by atoms with Gasteiger partial charge < -0.3 is 4.74 Å². The molecule has 1 aliphatic rings. The molecule has 0 saturated heterocycles. The Kier molecular flexibility index (Phi) is 3.66. The molecule has 0 radical (unpaired) electrons. The van der Waals surface area contributed by atoms with Crippen LogP contribution in [0.1, 0.15) is 28.2 Å². The lowest BCUT2D eigenvalue weighted by Crippen LogP contribution is -2.30. The molecular formula is C14H12F2N4O2. The number of pyridine rings is 1. The lowest BCUT2D eigenvalue weighted by atomic mass is 10.2. The second kappa shape index (κ2) is 5.63. The predicted octanol–water partition coefficient (Wildman–Crippen LogP) is 2.02. The Labute approximate surface area is 124 Å². The first-order chi connectivity index (χ1) is 10.6. The third-order valence-electron chi connectivity index (χ3n) is 3.38. The number of anilines is 1. The van der Waals surface area contributed by atoms with E-state index in [1.165, 1.54) is 12.0 Å². The fourth-order valence-corrected chi connectivity index (χ4v) is 2.29. The van der Waals surface area contributed by atoms with Crippen LogP contribution in [0.3, 0.4) is 0 Å². The van der Waals surface area contributed by atoms with Crippen molar-refractivity contribution in [3.8, 4) is 5.88 Å². The molecule has 2 aromatic rings. The Morgan fingerprint density at radius 2 is 2.18 bits per heavy atom. The number of ether oxygens (including phenoxy) is 1. The van der Waals surface area contributed by atoms with Crippen molar-refractivity contribution >= 4 is 11.7 Å². The van der Waals surface area contributed by atoms with Crippen LogP contribution in [-0.2, 0) is 6.42 Å². The number of rotatable bonds is 3. The smallest absolute Gasteiger partial charge is 0.280 e. The van der Waals surface area contributed by atoms with Gasteiger partial charge in [-0.05, 0) is 24.1 Å². The Morgan fingerprint density at radius 1 is 1.36 bits per heavy atom. The molecule has 6 nitrogen and oxygen atoms in total. The number of hydrogen-bond acceptors (Lipinski definition) is 5. The van der Waals surface area contributed by atoms with Crippen molar-refractivity contribution in [2.45, 2.75) is 12.8 Å². The number of nitrogens with zero attached hydrogens (tertiary/aromatic N) is 4. The van der Waals surface area contributed by atoms with Crippen molar-refractivity contribution in [3.05, 3.63) is 41.5 Å². The number of carbonyl (C=O) groups excluding carboxylic acids is 1. The van der Waals surface area contributed by atoms with Gasteiger partial charge in [0.1, 0.15) is 23.5 Å². The van der Waals surface area contributed by atoms with E-state index in [-0.39, 0.29) is 5.69 Å². The number of carbonyl (C=O) groups is 1. The topological polar surface area (TPSA) is 68.2 Å². The van der Waals surface area contributed by atoms with E-state index in [1.807, 2.05) is 6.07 Å². The summed E-state index contributed by atoms with van der Waals surface area (Å²) in [6.07, 6.45) is -1.14. The minimum Gasteiger partial charge on any atom is -0.481 e. The van der Waals surface area contributed by atoms with Crippen molar-refractivity contribution in [2.24, 2.45) is 0 Å². The largest absolute Gasteiger partial charge is 0.481 e. The van der Waals surface area contributed by atoms with Crippen LogP contribution in [0.4, 0.5) is 14.6 Å². The summed E-state index contributed by atoms with van der Waals surface area (Å²) >= 11 is 0. The minimum absolute atomic E-state index is 0.0808. The molecule has 1 amide bonds. The predicted molar refractivity (Wildman–Crippen MR) is 73.2 cm³/mol. The van der Waals surface area contributed by atoms with E-state index < -0.39 is 18.0 Å². The van der Waals surface area contributed by atoms with Crippen LogP contribution >= 0.6 is 0 Å². The van der Waals surface area contributed by atoms with Crippen LogP contribution in [0.15, 0.2) is 24.5 Å². The molecule has 0 aliphatic carbocycles. The van der Waals surface area contributed by atoms with Crippen molar-refractivity contribution in [3.63, 3.8) is 0 Å². The summed E-state index contributed by atoms with van der Waals surface area (Å²) in [5.74, 6) is 0.375. The van der Waals surface area contributed by atoms with E-state index in [9.17, 15) is 13.6 Å². The highest BCUT2D eigenvalue weighted by Gasteiger charge is 2.29. The van der Waals surface area contributed by atoms with E-state index in [0.717, 1.165) is 18.0 Å². The number of aromatic nitrogens is 3. The zero-order chi connectivity index (χ0) is 15.7. The minimum atomic E-state index is -2.75. The molecule has 114 valence electrons. The zero-order valence-electron chi connectivity index (χ0n) is 11.7. The van der Waals surface area contributed by atoms with Crippen molar-refractivity contribution in [1.82, 2.24) is 15.0 Å². The van der Waals surface area contributed by atoms with Gasteiger partial charge in [0.2, 0.25) is 5.88 Å². The van der Waals surface area contributed by atoms with Crippen LogP contribution in [0, 0.1) is 0 Å². The van der Waals surface area contributed by atoms with Gasteiger partial charge in [0.15, 0.2) is 0 Å². The average molecular weight is 306 g/mol. The van der Waals surface area contributed by atoms with Crippen LogP contribution < -0.4 is 9.64 Å². The summed E-state index contributed by atoms with van der Waals surface area (Å²) in [4.78, 5) is 25.4. The molecule has 0 N–H and O–H groups in total. The Morgan fingerprint density at radius 3 is 2.91 bits per heavy atom. The monoisotopic (exact) mass is 306 g/mol. The maximum absolute atomic E-state index is 12.7. The Hall–Kier alpha value is -2.64. The van der Waals surface area contributed by atoms with Crippen molar-refractivity contribution in [1.29, 1.82) is 0 Å². The molecule has 0 saturated carbocycles. The fourth-order valence-electron chi connectivity index (χ4n) is 2.29. The van der Waals surface area contributed by atoms with Crippen LogP contribution in [0.25, 0.3) is 0 Å². The summed E-state index contributed by atoms with van der Waals surface area (Å²) < 4.78 is 30.4. The van der Waals surface area contributed by atoms with Gasteiger partial charge in [-0.2, -0.15) is 4.98 Å². The standard InChI is InChI=1S/C14H12F2N4O2/c1-22-11-3-2-8-4-5-20(13(8)19-11)14(21)10-6-9(12(15)16)17-7-18-10/h2-3,6-7,12H,4-5H2,1H3. The molecule has 3 rings (SSSR count). The lowest BCUT2D eigenvalue weighted by molar-refractivity contribution is 0.0982. The molecule has 2 aromatic heterocycles. The highest BCUT2D eigenvalue weighted by molar-refractivity contribution is 6.05. The normalized spacial score (nSPS) is 13.4. The number of halogens is 2. The number of hydrogen-bond donors (Lipinski definition) is 0. The first-order valence-corrected chi connectivity index (χ1v) is 6.56. The van der Waals surface area contributed by atoms with Crippen LogP contribution in [0.5, 0.6) is 5.88 Å². The Bertz CT molecular complexity index is 724. The van der Waals surface area contributed by atoms with Crippen LogP contribution in [0.2, 0.25) is 0 Å². The molecule has 0 fully saturated rings. The molecule has 0 atom stereocenters. The second-order valence-electron chi connectivity index (χ2n) is 4.67. The number of methoxy groups -OCH3 is 1. The van der Waals surface area contributed by atoms with Gasteiger partial charge in [0, 0.05) is 12.6 Å². The lowest BCUT2D eigenvalue weighted by Gasteiger charge is -2.16. The SMILES string of the molecule is COc1ccc2c(n1)N(C(=O)c1cc(C(F)F)ncn1)CC2. The third kappa shape index (κ3) is 2.47. The van der Waals surface area contributed by atoms with E-state index in [2.05, 4.69) is 15.0 Å². The van der Waals surface area contributed by atoms with Gasteiger partial charge >= 0.3 is 0 Å². The zero-order valence-corrected chi connectivity index (χ0v) is 11.7. The molecule has 0 unspecified atom stereocenters. The number of alkyl halides is 2. The molecule has 0 bridgehead atoms.